The molecule has 0 spiro atoms. The second kappa shape index (κ2) is 6.67. The molecule has 0 aliphatic rings. The van der Waals surface area contributed by atoms with Crippen molar-refractivity contribution < 1.29 is 13.5 Å². The van der Waals surface area contributed by atoms with Gasteiger partial charge >= 0.3 is 5.69 Å². The van der Waals surface area contributed by atoms with Gasteiger partial charge in [-0.15, -0.1) is 0 Å². The fourth-order valence-electron chi connectivity index (χ4n) is 2.36. The van der Waals surface area contributed by atoms with Crippen LogP contribution in [0.2, 0.25) is 10.0 Å². The number of aromatic nitrogens is 3. The molecule has 3 aromatic rings. The Hall–Kier alpha value is -2.49. The van der Waals surface area contributed by atoms with E-state index in [0.717, 1.165) is 6.07 Å². The first-order valence-electron chi connectivity index (χ1n) is 7.13. The van der Waals surface area contributed by atoms with Gasteiger partial charge in [-0.1, -0.05) is 29.3 Å². The average Bonchev–Trinajstić information content (AvgIpc) is 2.98. The van der Waals surface area contributed by atoms with E-state index in [9.17, 15) is 18.3 Å². The topological polar surface area (TPSA) is 117 Å². The molecule has 0 bridgehead atoms. The first-order valence-corrected chi connectivity index (χ1v) is 9.37. The fraction of sp³-hybridized carbons (Fsp3) is 0.0667. The van der Waals surface area contributed by atoms with Crippen LogP contribution in [0.4, 0.5) is 5.69 Å². The van der Waals surface area contributed by atoms with Crippen molar-refractivity contribution in [3.8, 4) is 11.4 Å². The summed E-state index contributed by atoms with van der Waals surface area (Å²) in [6.45, 7) is 1.64. The molecule has 0 aliphatic heterocycles. The van der Waals surface area contributed by atoms with Gasteiger partial charge < -0.3 is 5.11 Å². The number of anilines is 1. The Labute approximate surface area is 158 Å². The summed E-state index contributed by atoms with van der Waals surface area (Å²) in [4.78, 5) is 11.3. The number of rotatable bonds is 4. The number of benzene rings is 2. The van der Waals surface area contributed by atoms with Crippen molar-refractivity contribution in [1.82, 2.24) is 14.8 Å². The van der Waals surface area contributed by atoms with Gasteiger partial charge in [0.25, 0.3) is 10.0 Å². The Morgan fingerprint density at radius 2 is 2.00 bits per heavy atom. The summed E-state index contributed by atoms with van der Waals surface area (Å²) in [6, 6.07) is 7.05. The van der Waals surface area contributed by atoms with Gasteiger partial charge in [0.1, 0.15) is 11.2 Å². The van der Waals surface area contributed by atoms with Gasteiger partial charge in [-0.2, -0.15) is 5.10 Å². The zero-order valence-corrected chi connectivity index (χ0v) is 15.5. The van der Waals surface area contributed by atoms with Crippen molar-refractivity contribution in [2.45, 2.75) is 11.8 Å². The van der Waals surface area contributed by atoms with Gasteiger partial charge in [-0.05, 0) is 36.8 Å². The lowest BCUT2D eigenvalue weighted by Crippen LogP contribution is -2.17. The van der Waals surface area contributed by atoms with E-state index in [1.54, 1.807) is 19.1 Å². The van der Waals surface area contributed by atoms with Crippen molar-refractivity contribution in [2.75, 3.05) is 4.72 Å². The van der Waals surface area contributed by atoms with Gasteiger partial charge in [0.15, 0.2) is 5.75 Å². The number of aromatic hydroxyl groups is 1. The molecule has 0 unspecified atom stereocenters. The molecule has 2 aromatic carbocycles. The number of phenols is 1. The van der Waals surface area contributed by atoms with Crippen LogP contribution >= 0.6 is 23.2 Å². The molecule has 0 radical (unpaired) electrons. The quantitative estimate of drug-likeness (QED) is 0.606. The number of hydrogen-bond donors (Lipinski definition) is 3. The van der Waals surface area contributed by atoms with Crippen LogP contribution in [0.5, 0.6) is 5.75 Å². The second-order valence-electron chi connectivity index (χ2n) is 5.32. The Kier molecular flexibility index (Phi) is 4.70. The molecule has 26 heavy (non-hydrogen) atoms. The van der Waals surface area contributed by atoms with Gasteiger partial charge in [0.05, 0.1) is 16.4 Å². The lowest BCUT2D eigenvalue weighted by molar-refractivity contribution is 0.459. The van der Waals surface area contributed by atoms with Crippen molar-refractivity contribution in [2.24, 2.45) is 0 Å². The monoisotopic (exact) mass is 414 g/mol. The van der Waals surface area contributed by atoms with Crippen LogP contribution < -0.4 is 10.4 Å². The largest absolute Gasteiger partial charge is 0.505 e. The standard InChI is InChI=1S/C15H12Cl2N4O4S/c1-8-11(3-2-4-12(8)21-7-18-19-15(21)23)20-26(24,25)13-6-9(16)5-10(17)14(13)22/h2-7,20,22H,1H3,(H,19,23). The summed E-state index contributed by atoms with van der Waals surface area (Å²) in [5.41, 5.74) is 0.669. The summed E-state index contributed by atoms with van der Waals surface area (Å²) in [7, 11) is -4.19. The number of nitrogens with zero attached hydrogens (tertiary/aromatic N) is 2. The molecule has 3 rings (SSSR count). The van der Waals surface area contributed by atoms with Crippen LogP contribution in [0.1, 0.15) is 5.56 Å². The van der Waals surface area contributed by atoms with Gasteiger partial charge in [0, 0.05) is 5.02 Å². The van der Waals surface area contributed by atoms with E-state index >= 15 is 0 Å². The molecule has 8 nitrogen and oxygen atoms in total. The summed E-state index contributed by atoms with van der Waals surface area (Å²) in [5, 5.41) is 15.8. The Morgan fingerprint density at radius 3 is 2.65 bits per heavy atom. The minimum Gasteiger partial charge on any atom is -0.505 e. The lowest BCUT2D eigenvalue weighted by Gasteiger charge is -2.14. The summed E-state index contributed by atoms with van der Waals surface area (Å²) >= 11 is 11.6. The van der Waals surface area contributed by atoms with Crippen molar-refractivity contribution in [3.63, 3.8) is 0 Å². The molecule has 0 amide bonds. The van der Waals surface area contributed by atoms with E-state index in [0.29, 0.717) is 11.3 Å². The summed E-state index contributed by atoms with van der Waals surface area (Å²) in [6.07, 6.45) is 1.28. The van der Waals surface area contributed by atoms with E-state index in [1.807, 2.05) is 0 Å². The normalized spacial score (nSPS) is 11.5. The molecule has 0 aliphatic carbocycles. The molecule has 0 saturated carbocycles. The molecule has 1 aromatic heterocycles. The first-order chi connectivity index (χ1) is 12.2. The number of phenolic OH excluding ortho intramolecular Hbond substituents is 1. The average molecular weight is 415 g/mol. The SMILES string of the molecule is Cc1c(NS(=O)(=O)c2cc(Cl)cc(Cl)c2O)cccc1-n1cn[nH]c1=O. The first kappa shape index (κ1) is 18.3. The summed E-state index contributed by atoms with van der Waals surface area (Å²) in [5.74, 6) is -0.608. The zero-order valence-electron chi connectivity index (χ0n) is 13.2. The third-order valence-electron chi connectivity index (χ3n) is 3.64. The number of nitrogens with one attached hydrogen (secondary N) is 2. The maximum atomic E-state index is 12.7. The van der Waals surface area contributed by atoms with Crippen molar-refractivity contribution >= 4 is 38.9 Å². The van der Waals surface area contributed by atoms with Crippen LogP contribution in [0.15, 0.2) is 46.3 Å². The van der Waals surface area contributed by atoms with E-state index in [1.165, 1.54) is 23.0 Å². The van der Waals surface area contributed by atoms with Crippen LogP contribution in [0, 0.1) is 6.92 Å². The Morgan fingerprint density at radius 1 is 1.27 bits per heavy atom. The number of sulfonamides is 1. The van der Waals surface area contributed by atoms with Crippen LogP contribution in [-0.4, -0.2) is 28.3 Å². The Bertz CT molecular complexity index is 1150. The molecule has 11 heteroatoms. The van der Waals surface area contributed by atoms with Crippen LogP contribution in [0.3, 0.4) is 0 Å². The maximum absolute atomic E-state index is 12.7. The number of halogens is 2. The minimum absolute atomic E-state index is 0.0589. The maximum Gasteiger partial charge on any atom is 0.347 e. The fourth-order valence-corrected chi connectivity index (χ4v) is 4.24. The Balaban J connectivity index is 2.07. The molecule has 0 atom stereocenters. The number of hydrogen-bond acceptors (Lipinski definition) is 5. The van der Waals surface area contributed by atoms with Crippen molar-refractivity contribution in [1.29, 1.82) is 0 Å². The molecule has 3 N–H and O–H groups in total. The van der Waals surface area contributed by atoms with Crippen LogP contribution in [0.25, 0.3) is 5.69 Å². The summed E-state index contributed by atoms with van der Waals surface area (Å²) < 4.78 is 28.9. The molecular weight excluding hydrogens is 403 g/mol. The molecule has 0 saturated heterocycles. The number of H-pyrrole nitrogens is 1. The van der Waals surface area contributed by atoms with Gasteiger partial charge in [-0.3, -0.25) is 4.72 Å². The van der Waals surface area contributed by atoms with E-state index in [2.05, 4.69) is 14.9 Å². The third kappa shape index (κ3) is 3.28. The number of aromatic amines is 1. The molecule has 0 fully saturated rings. The third-order valence-corrected chi connectivity index (χ3v) is 5.53. The van der Waals surface area contributed by atoms with Gasteiger partial charge in [-0.25, -0.2) is 22.9 Å². The second-order valence-corrected chi connectivity index (χ2v) is 7.82. The molecule has 1 heterocycles. The van der Waals surface area contributed by atoms with Crippen LogP contribution in [-0.2, 0) is 10.0 Å². The van der Waals surface area contributed by atoms with Gasteiger partial charge in [0.2, 0.25) is 0 Å². The van der Waals surface area contributed by atoms with E-state index in [4.69, 9.17) is 23.2 Å². The predicted molar refractivity (Wildman–Crippen MR) is 97.9 cm³/mol. The highest BCUT2D eigenvalue weighted by Crippen LogP contribution is 2.35. The molecular formula is C15H12Cl2N4O4S. The smallest absolute Gasteiger partial charge is 0.347 e. The zero-order chi connectivity index (χ0) is 19.1. The molecule has 136 valence electrons. The highest BCUT2D eigenvalue weighted by atomic mass is 35.5. The minimum atomic E-state index is -4.19. The lowest BCUT2D eigenvalue weighted by atomic mass is 10.1. The predicted octanol–water partition coefficient (Wildman–Crippen LogP) is 2.68. The van der Waals surface area contributed by atoms with Crippen molar-refractivity contribution in [3.05, 3.63) is 62.8 Å². The highest BCUT2D eigenvalue weighted by Gasteiger charge is 2.23. The van der Waals surface area contributed by atoms with E-state index in [-0.39, 0.29) is 15.7 Å². The highest BCUT2D eigenvalue weighted by molar-refractivity contribution is 7.92. The van der Waals surface area contributed by atoms with E-state index < -0.39 is 26.4 Å².